The zero-order valence-electron chi connectivity index (χ0n) is 12.7. The van der Waals surface area contributed by atoms with E-state index in [0.29, 0.717) is 6.04 Å². The normalized spacial score (nSPS) is 18.3. The number of aromatic nitrogens is 2. The van der Waals surface area contributed by atoms with Crippen LogP contribution in [0.25, 0.3) is 0 Å². The topological polar surface area (TPSA) is 37.8 Å². The number of hydrogen-bond donors (Lipinski definition) is 1. The summed E-state index contributed by atoms with van der Waals surface area (Å²) in [6.45, 7) is 5.50. The molecular formula is C15H27N3S2. The van der Waals surface area contributed by atoms with Gasteiger partial charge in [0.25, 0.3) is 0 Å². The van der Waals surface area contributed by atoms with Gasteiger partial charge in [0.1, 0.15) is 5.82 Å². The highest BCUT2D eigenvalue weighted by Gasteiger charge is 2.23. The molecule has 1 aromatic heterocycles. The Bertz CT molecular complexity index is 375. The first-order valence-corrected chi connectivity index (χ1v) is 9.78. The molecule has 0 radical (unpaired) electrons. The molecule has 0 aromatic carbocycles. The van der Waals surface area contributed by atoms with Crippen molar-refractivity contribution in [3.63, 3.8) is 0 Å². The Hall–Kier alpha value is -0.130. The maximum absolute atomic E-state index is 4.57. The van der Waals surface area contributed by atoms with Gasteiger partial charge in [0.05, 0.1) is 0 Å². The molecule has 2 rings (SSSR count). The van der Waals surface area contributed by atoms with Crippen molar-refractivity contribution in [3.05, 3.63) is 5.82 Å². The monoisotopic (exact) mass is 313 g/mol. The van der Waals surface area contributed by atoms with E-state index >= 15 is 0 Å². The smallest absolute Gasteiger partial charge is 0.170 e. The van der Waals surface area contributed by atoms with Crippen LogP contribution in [0.2, 0.25) is 0 Å². The highest BCUT2D eigenvalue weighted by Crippen LogP contribution is 2.30. The molecule has 1 aromatic rings. The minimum atomic E-state index is 0.647. The maximum atomic E-state index is 4.57. The fraction of sp³-hybridized carbons (Fsp3) is 0.867. The van der Waals surface area contributed by atoms with Crippen molar-refractivity contribution in [3.8, 4) is 0 Å². The maximum Gasteiger partial charge on any atom is 0.170 e. The molecule has 1 aliphatic rings. The SMILES string of the molecule is CCCNC(CSc1nc(CC)ns1)C1CCCCC1. The molecule has 1 atom stereocenters. The minimum Gasteiger partial charge on any atom is -0.313 e. The van der Waals surface area contributed by atoms with Crippen LogP contribution in [0.15, 0.2) is 4.34 Å². The largest absolute Gasteiger partial charge is 0.313 e. The number of thioether (sulfide) groups is 1. The summed E-state index contributed by atoms with van der Waals surface area (Å²) in [5.41, 5.74) is 0. The zero-order valence-corrected chi connectivity index (χ0v) is 14.4. The molecule has 0 saturated heterocycles. The molecule has 5 heteroatoms. The van der Waals surface area contributed by atoms with E-state index < -0.39 is 0 Å². The molecule has 1 aliphatic carbocycles. The molecule has 1 N–H and O–H groups in total. The molecule has 0 bridgehead atoms. The highest BCUT2D eigenvalue weighted by molar-refractivity contribution is 8.00. The van der Waals surface area contributed by atoms with Crippen LogP contribution in [0, 0.1) is 5.92 Å². The summed E-state index contributed by atoms with van der Waals surface area (Å²) in [6.07, 6.45) is 9.22. The van der Waals surface area contributed by atoms with Crippen molar-refractivity contribution in [2.24, 2.45) is 5.92 Å². The highest BCUT2D eigenvalue weighted by atomic mass is 32.2. The first-order chi connectivity index (χ1) is 9.83. The molecule has 0 spiro atoms. The van der Waals surface area contributed by atoms with E-state index in [9.17, 15) is 0 Å². The second-order valence-corrected chi connectivity index (χ2v) is 7.62. The van der Waals surface area contributed by atoms with Crippen molar-refractivity contribution in [1.29, 1.82) is 0 Å². The third-order valence-electron chi connectivity index (χ3n) is 4.03. The number of rotatable bonds is 8. The van der Waals surface area contributed by atoms with E-state index in [4.69, 9.17) is 0 Å². The van der Waals surface area contributed by atoms with Gasteiger partial charge in [-0.1, -0.05) is 44.9 Å². The summed E-state index contributed by atoms with van der Waals surface area (Å²) in [5, 5.41) is 3.77. The number of nitrogens with one attached hydrogen (secondary N) is 1. The van der Waals surface area contributed by atoms with Crippen molar-refractivity contribution >= 4 is 23.3 Å². The van der Waals surface area contributed by atoms with Crippen molar-refractivity contribution < 1.29 is 0 Å². The Morgan fingerprint density at radius 1 is 1.30 bits per heavy atom. The lowest BCUT2D eigenvalue weighted by Crippen LogP contribution is -2.39. The lowest BCUT2D eigenvalue weighted by Gasteiger charge is -2.30. The summed E-state index contributed by atoms with van der Waals surface area (Å²) >= 11 is 3.45. The van der Waals surface area contributed by atoms with Crippen LogP contribution >= 0.6 is 23.3 Å². The van der Waals surface area contributed by atoms with Gasteiger partial charge in [-0.3, -0.25) is 0 Å². The molecule has 1 fully saturated rings. The van der Waals surface area contributed by atoms with E-state index in [1.807, 2.05) is 11.8 Å². The zero-order chi connectivity index (χ0) is 14.2. The van der Waals surface area contributed by atoms with Crippen molar-refractivity contribution in [2.75, 3.05) is 12.3 Å². The summed E-state index contributed by atoms with van der Waals surface area (Å²) in [5.74, 6) is 3.00. The van der Waals surface area contributed by atoms with Gasteiger partial charge in [0, 0.05) is 18.2 Å². The van der Waals surface area contributed by atoms with E-state index in [-0.39, 0.29) is 0 Å². The van der Waals surface area contributed by atoms with Gasteiger partial charge in [-0.15, -0.1) is 0 Å². The van der Waals surface area contributed by atoms with Crippen molar-refractivity contribution in [1.82, 2.24) is 14.7 Å². The van der Waals surface area contributed by atoms with Gasteiger partial charge < -0.3 is 5.32 Å². The van der Waals surface area contributed by atoms with Crippen LogP contribution in [0.1, 0.15) is 58.2 Å². The van der Waals surface area contributed by atoms with Crippen LogP contribution in [0.5, 0.6) is 0 Å². The quantitative estimate of drug-likeness (QED) is 0.732. The van der Waals surface area contributed by atoms with Gasteiger partial charge in [0.15, 0.2) is 4.34 Å². The molecular weight excluding hydrogens is 286 g/mol. The summed E-state index contributed by atoms with van der Waals surface area (Å²) < 4.78 is 5.52. The number of nitrogens with zero attached hydrogens (tertiary/aromatic N) is 2. The molecule has 1 saturated carbocycles. The third-order valence-corrected chi connectivity index (χ3v) is 6.02. The lowest BCUT2D eigenvalue weighted by atomic mass is 9.84. The fourth-order valence-corrected chi connectivity index (χ4v) is 4.74. The molecule has 1 heterocycles. The van der Waals surface area contributed by atoms with Gasteiger partial charge in [0.2, 0.25) is 0 Å². The molecule has 0 amide bonds. The van der Waals surface area contributed by atoms with Gasteiger partial charge in [-0.05, 0) is 43.3 Å². The van der Waals surface area contributed by atoms with Crippen LogP contribution in [-0.4, -0.2) is 27.7 Å². The Morgan fingerprint density at radius 3 is 2.75 bits per heavy atom. The molecule has 3 nitrogen and oxygen atoms in total. The Morgan fingerprint density at radius 2 is 2.10 bits per heavy atom. The van der Waals surface area contributed by atoms with Crippen molar-refractivity contribution in [2.45, 2.75) is 69.2 Å². The minimum absolute atomic E-state index is 0.647. The molecule has 114 valence electrons. The first kappa shape index (κ1) is 16.2. The Balaban J connectivity index is 1.85. The van der Waals surface area contributed by atoms with E-state index in [2.05, 4.69) is 28.5 Å². The van der Waals surface area contributed by atoms with Gasteiger partial charge >= 0.3 is 0 Å². The van der Waals surface area contributed by atoms with Crippen LogP contribution < -0.4 is 5.32 Å². The van der Waals surface area contributed by atoms with Crippen LogP contribution in [0.4, 0.5) is 0 Å². The van der Waals surface area contributed by atoms with E-state index in [0.717, 1.165) is 34.8 Å². The molecule has 20 heavy (non-hydrogen) atoms. The van der Waals surface area contributed by atoms with Gasteiger partial charge in [-0.25, -0.2) is 4.98 Å². The lowest BCUT2D eigenvalue weighted by molar-refractivity contribution is 0.285. The standard InChI is InChI=1S/C15H27N3S2/c1-3-10-16-13(12-8-6-5-7-9-12)11-19-15-17-14(4-2)18-20-15/h12-13,16H,3-11H2,1-2H3. The second-order valence-electron chi connectivity index (χ2n) is 5.60. The fourth-order valence-electron chi connectivity index (χ4n) is 2.83. The van der Waals surface area contributed by atoms with Gasteiger partial charge in [-0.2, -0.15) is 4.37 Å². The third kappa shape index (κ3) is 5.01. The Kier molecular flexibility index (Phi) is 7.31. The van der Waals surface area contributed by atoms with E-state index in [1.54, 1.807) is 11.5 Å². The predicted molar refractivity (Wildman–Crippen MR) is 88.7 cm³/mol. The summed E-state index contributed by atoms with van der Waals surface area (Å²) in [7, 11) is 0. The van der Waals surface area contributed by atoms with E-state index in [1.165, 1.54) is 38.5 Å². The summed E-state index contributed by atoms with van der Waals surface area (Å²) in [6, 6.07) is 0.647. The Labute approximate surface area is 131 Å². The average molecular weight is 314 g/mol. The predicted octanol–water partition coefficient (Wildman–Crippen LogP) is 4.14. The summed E-state index contributed by atoms with van der Waals surface area (Å²) in [4.78, 5) is 4.57. The second kappa shape index (κ2) is 9.00. The number of aryl methyl sites for hydroxylation is 1. The molecule has 0 aliphatic heterocycles. The van der Waals surface area contributed by atoms with Crippen LogP contribution in [-0.2, 0) is 6.42 Å². The van der Waals surface area contributed by atoms with Crippen LogP contribution in [0.3, 0.4) is 0 Å². The number of hydrogen-bond acceptors (Lipinski definition) is 5. The molecule has 1 unspecified atom stereocenters. The first-order valence-electron chi connectivity index (χ1n) is 8.02. The average Bonchev–Trinajstić information content (AvgIpc) is 2.96.